The summed E-state index contributed by atoms with van der Waals surface area (Å²) in [5.74, 6) is 0.103. The lowest BCUT2D eigenvalue weighted by Crippen LogP contribution is -2.31. The Morgan fingerprint density at radius 3 is 2.62 bits per heavy atom. The van der Waals surface area contributed by atoms with Crippen molar-refractivity contribution in [3.63, 3.8) is 0 Å². The minimum absolute atomic E-state index is 0.00871. The van der Waals surface area contributed by atoms with E-state index >= 15 is 0 Å². The molecular weight excluding hydrogens is 292 g/mol. The first-order valence-electron chi connectivity index (χ1n) is 6.76. The van der Waals surface area contributed by atoms with Crippen molar-refractivity contribution in [1.29, 1.82) is 5.26 Å². The zero-order valence-electron chi connectivity index (χ0n) is 11.4. The van der Waals surface area contributed by atoms with Crippen molar-refractivity contribution < 1.29 is 10.3 Å². The fraction of sp³-hybridized carbons (Fsp3) is 0.400. The van der Waals surface area contributed by atoms with Crippen LogP contribution in [0, 0.1) is 22.5 Å². The van der Waals surface area contributed by atoms with Crippen LogP contribution >= 0.6 is 11.6 Å². The summed E-state index contributed by atoms with van der Waals surface area (Å²) in [6.45, 7) is 0. The zero-order valence-corrected chi connectivity index (χ0v) is 12.1. The lowest BCUT2D eigenvalue weighted by atomic mass is 9.81. The Morgan fingerprint density at radius 1 is 1.38 bits per heavy atom. The van der Waals surface area contributed by atoms with Gasteiger partial charge in [-0.15, -0.1) is 0 Å². The number of hydroxylamine groups is 2. The fourth-order valence-electron chi connectivity index (χ4n) is 2.66. The van der Waals surface area contributed by atoms with Crippen LogP contribution in [-0.4, -0.2) is 21.6 Å². The van der Waals surface area contributed by atoms with Gasteiger partial charge in [-0.2, -0.15) is 5.26 Å². The molecule has 21 heavy (non-hydrogen) atoms. The first-order chi connectivity index (χ1) is 10.0. The van der Waals surface area contributed by atoms with Crippen LogP contribution in [0.15, 0.2) is 23.8 Å². The van der Waals surface area contributed by atoms with Gasteiger partial charge in [-0.1, -0.05) is 11.6 Å². The number of nitriles is 1. The van der Waals surface area contributed by atoms with Gasteiger partial charge in [-0.3, -0.25) is 5.23 Å². The first-order valence-corrected chi connectivity index (χ1v) is 7.14. The number of rotatable bonds is 3. The van der Waals surface area contributed by atoms with E-state index in [0.29, 0.717) is 41.8 Å². The molecule has 0 radical (unpaired) electrons. The van der Waals surface area contributed by atoms with Crippen LogP contribution < -0.4 is 0 Å². The van der Waals surface area contributed by atoms with Crippen LogP contribution in [0.25, 0.3) is 6.08 Å². The molecule has 0 heterocycles. The van der Waals surface area contributed by atoms with Crippen LogP contribution in [0.3, 0.4) is 0 Å². The number of nitrogens with zero attached hydrogens (tertiary/aromatic N) is 2. The van der Waals surface area contributed by atoms with Crippen LogP contribution in [0.4, 0.5) is 0 Å². The molecule has 1 aliphatic carbocycles. The van der Waals surface area contributed by atoms with E-state index in [1.54, 1.807) is 18.2 Å². The highest BCUT2D eigenvalue weighted by Gasteiger charge is 2.24. The van der Waals surface area contributed by atoms with E-state index in [2.05, 4.69) is 6.07 Å². The number of allylic oxidation sites excluding steroid dienone is 1. The number of benzene rings is 1. The summed E-state index contributed by atoms with van der Waals surface area (Å²) in [7, 11) is 0. The molecule has 1 saturated carbocycles. The molecule has 1 aromatic rings. The van der Waals surface area contributed by atoms with Gasteiger partial charge >= 0.3 is 0 Å². The minimum Gasteiger partial charge on any atom is -0.762 e. The Kier molecular flexibility index (Phi) is 5.21. The number of halogens is 1. The second-order valence-electron chi connectivity index (χ2n) is 5.22. The van der Waals surface area contributed by atoms with Crippen LogP contribution in [0.2, 0.25) is 5.02 Å². The number of hydrogen-bond donors (Lipinski definition) is 2. The summed E-state index contributed by atoms with van der Waals surface area (Å²) in [6, 6.07) is 6.45. The largest absolute Gasteiger partial charge is 0.762 e. The number of hydrogen-bond acceptors (Lipinski definition) is 5. The van der Waals surface area contributed by atoms with E-state index in [1.165, 1.54) is 6.07 Å². The topological polar surface area (TPSA) is 90.5 Å². The van der Waals surface area contributed by atoms with Gasteiger partial charge in [0.2, 0.25) is 0 Å². The highest BCUT2D eigenvalue weighted by Crippen LogP contribution is 2.33. The van der Waals surface area contributed by atoms with Crippen LogP contribution in [-0.2, 0) is 0 Å². The predicted molar refractivity (Wildman–Crippen MR) is 79.4 cm³/mol. The average Bonchev–Trinajstić information content (AvgIpc) is 2.48. The van der Waals surface area contributed by atoms with Crippen molar-refractivity contribution in [2.45, 2.75) is 31.7 Å². The Morgan fingerprint density at radius 2 is 2.05 bits per heavy atom. The van der Waals surface area contributed by atoms with Crippen molar-refractivity contribution in [1.82, 2.24) is 5.23 Å². The summed E-state index contributed by atoms with van der Waals surface area (Å²) >= 11 is 5.89. The van der Waals surface area contributed by atoms with Gasteiger partial charge in [-0.05, 0) is 55.9 Å². The smallest absolute Gasteiger partial charge is 0.122 e. The fourth-order valence-corrected chi connectivity index (χ4v) is 2.84. The highest BCUT2D eigenvalue weighted by molar-refractivity contribution is 6.30. The Labute approximate surface area is 128 Å². The minimum atomic E-state index is -0.388. The molecular formula is C15H16ClN2O3-. The Bertz CT molecular complexity index is 573. The summed E-state index contributed by atoms with van der Waals surface area (Å²) in [5.41, 5.74) is 1.06. The normalized spacial score (nSPS) is 23.1. The monoisotopic (exact) mass is 307 g/mol. The van der Waals surface area contributed by atoms with Crippen LogP contribution in [0.5, 0.6) is 5.75 Å². The molecule has 2 N–H and O–H groups in total. The van der Waals surface area contributed by atoms with Crippen molar-refractivity contribution in [3.05, 3.63) is 39.6 Å². The van der Waals surface area contributed by atoms with Gasteiger partial charge < -0.3 is 15.5 Å². The van der Waals surface area contributed by atoms with Crippen molar-refractivity contribution >= 4 is 17.7 Å². The van der Waals surface area contributed by atoms with Gasteiger partial charge in [0.05, 0.1) is 6.07 Å². The number of phenols is 1. The summed E-state index contributed by atoms with van der Waals surface area (Å²) < 4.78 is 0. The first kappa shape index (κ1) is 15.8. The quantitative estimate of drug-likeness (QED) is 0.656. The highest BCUT2D eigenvalue weighted by atomic mass is 35.5. The lowest BCUT2D eigenvalue weighted by molar-refractivity contribution is -0.0905. The maximum absolute atomic E-state index is 10.9. The SMILES string of the molecule is N#C/C(=C/c1cc(Cl)ccc1O)C1CCC(N([O-])O)CC1. The third-order valence-corrected chi connectivity index (χ3v) is 4.11. The summed E-state index contributed by atoms with van der Waals surface area (Å²) in [4.78, 5) is 0. The molecule has 2 rings (SSSR count). The summed E-state index contributed by atoms with van der Waals surface area (Å²) in [5, 5.41) is 39.4. The second-order valence-corrected chi connectivity index (χ2v) is 5.66. The van der Waals surface area contributed by atoms with E-state index in [-0.39, 0.29) is 22.9 Å². The molecule has 0 amide bonds. The molecule has 0 aromatic heterocycles. The molecule has 5 nitrogen and oxygen atoms in total. The van der Waals surface area contributed by atoms with Gasteiger partial charge in [0.25, 0.3) is 0 Å². The van der Waals surface area contributed by atoms with Crippen LogP contribution in [0.1, 0.15) is 31.2 Å². The van der Waals surface area contributed by atoms with E-state index in [4.69, 9.17) is 16.8 Å². The van der Waals surface area contributed by atoms with E-state index in [1.807, 2.05) is 0 Å². The van der Waals surface area contributed by atoms with Gasteiger partial charge in [0, 0.05) is 22.2 Å². The molecule has 0 saturated heterocycles. The predicted octanol–water partition coefficient (Wildman–Crippen LogP) is 3.70. The van der Waals surface area contributed by atoms with E-state index in [9.17, 15) is 15.6 Å². The van der Waals surface area contributed by atoms with Gasteiger partial charge in [-0.25, -0.2) is 0 Å². The molecule has 6 heteroatoms. The van der Waals surface area contributed by atoms with Crippen molar-refractivity contribution in [3.8, 4) is 11.8 Å². The summed E-state index contributed by atoms with van der Waals surface area (Å²) in [6.07, 6.45) is 4.05. The third-order valence-electron chi connectivity index (χ3n) is 3.88. The molecule has 0 unspecified atom stereocenters. The third kappa shape index (κ3) is 3.96. The molecule has 1 fully saturated rings. The lowest BCUT2D eigenvalue weighted by Gasteiger charge is -2.36. The molecule has 112 valence electrons. The standard InChI is InChI=1S/C15H16ClN2O3/c16-13-3-6-15(19)11(8-13)7-12(9-17)10-1-4-14(5-2-10)18(20)21/h3,6-8,10,14,19-20H,1-2,4-5H2/q-1/b12-7-. The van der Waals surface area contributed by atoms with E-state index < -0.39 is 0 Å². The number of aromatic hydroxyl groups is 1. The van der Waals surface area contributed by atoms with Crippen molar-refractivity contribution in [2.24, 2.45) is 5.92 Å². The second kappa shape index (κ2) is 6.92. The molecule has 0 atom stereocenters. The van der Waals surface area contributed by atoms with Gasteiger partial charge in [0.1, 0.15) is 5.75 Å². The van der Waals surface area contributed by atoms with E-state index in [0.717, 1.165) is 0 Å². The molecule has 0 bridgehead atoms. The van der Waals surface area contributed by atoms with Crippen molar-refractivity contribution in [2.75, 3.05) is 0 Å². The average molecular weight is 308 g/mol. The Balaban J connectivity index is 2.15. The molecule has 0 spiro atoms. The maximum Gasteiger partial charge on any atom is 0.122 e. The molecule has 1 aliphatic rings. The molecule has 0 aliphatic heterocycles. The Hall–Kier alpha value is -1.58. The number of phenolic OH excluding ortho intramolecular Hbond substituents is 1. The zero-order chi connectivity index (χ0) is 15.4. The maximum atomic E-state index is 10.9. The van der Waals surface area contributed by atoms with Gasteiger partial charge in [0.15, 0.2) is 0 Å². The molecule has 1 aromatic carbocycles.